The molecule has 1 saturated heterocycles. The predicted molar refractivity (Wildman–Crippen MR) is 33.1 cm³/mol. The molecule has 1 aliphatic rings. The minimum atomic E-state index is -0.0116. The highest BCUT2D eigenvalue weighted by atomic mass is 16.2. The van der Waals surface area contributed by atoms with E-state index in [-0.39, 0.29) is 11.9 Å². The number of hydrogen-bond acceptors (Lipinski definition) is 2. The molecule has 4 nitrogen and oxygen atoms in total. The Kier molecular flexibility index (Phi) is 1.16. The van der Waals surface area contributed by atoms with Crippen LogP contribution in [0.25, 0.3) is 0 Å². The van der Waals surface area contributed by atoms with Crippen molar-refractivity contribution in [1.82, 2.24) is 9.80 Å². The van der Waals surface area contributed by atoms with Gasteiger partial charge in [-0.15, -0.1) is 0 Å². The maximum absolute atomic E-state index is 10.7. The predicted octanol–water partition coefficient (Wildman–Crippen LogP) is -0.675. The SMILES string of the molecule is CN1CC(=O)N(C)C1=N. The van der Waals surface area contributed by atoms with Gasteiger partial charge >= 0.3 is 0 Å². The fourth-order valence-corrected chi connectivity index (χ4v) is 0.758. The van der Waals surface area contributed by atoms with Crippen molar-refractivity contribution < 1.29 is 4.79 Å². The zero-order valence-corrected chi connectivity index (χ0v) is 5.51. The van der Waals surface area contributed by atoms with Crippen molar-refractivity contribution in [2.75, 3.05) is 20.6 Å². The van der Waals surface area contributed by atoms with Crippen molar-refractivity contribution in [3.8, 4) is 0 Å². The van der Waals surface area contributed by atoms with E-state index in [0.29, 0.717) is 6.54 Å². The normalized spacial score (nSPS) is 19.8. The summed E-state index contributed by atoms with van der Waals surface area (Å²) in [6, 6.07) is 0. The minimum absolute atomic E-state index is 0.0116. The van der Waals surface area contributed by atoms with Crippen LogP contribution in [0.5, 0.6) is 0 Å². The van der Waals surface area contributed by atoms with Gasteiger partial charge < -0.3 is 4.90 Å². The zero-order chi connectivity index (χ0) is 7.02. The van der Waals surface area contributed by atoms with Crippen molar-refractivity contribution in [2.24, 2.45) is 0 Å². The van der Waals surface area contributed by atoms with Gasteiger partial charge in [0.05, 0.1) is 6.54 Å². The lowest BCUT2D eigenvalue weighted by Crippen LogP contribution is -2.27. The summed E-state index contributed by atoms with van der Waals surface area (Å²) in [6.07, 6.45) is 0. The largest absolute Gasteiger partial charge is 0.336 e. The molecule has 1 heterocycles. The summed E-state index contributed by atoms with van der Waals surface area (Å²) in [5.74, 6) is 0.266. The molecule has 0 unspecified atom stereocenters. The van der Waals surface area contributed by atoms with Gasteiger partial charge in [0.15, 0.2) is 0 Å². The number of carbonyl (C=O) groups excluding carboxylic acids is 1. The quantitative estimate of drug-likeness (QED) is 0.469. The molecule has 50 valence electrons. The number of amides is 1. The van der Waals surface area contributed by atoms with E-state index in [4.69, 9.17) is 5.41 Å². The number of nitrogens with zero attached hydrogens (tertiary/aromatic N) is 2. The van der Waals surface area contributed by atoms with Gasteiger partial charge in [0.25, 0.3) is 0 Å². The average Bonchev–Trinajstić information content (AvgIpc) is 1.98. The molecule has 1 fully saturated rings. The van der Waals surface area contributed by atoms with Crippen LogP contribution in [0.3, 0.4) is 0 Å². The number of nitrogens with one attached hydrogen (secondary N) is 1. The maximum Gasteiger partial charge on any atom is 0.248 e. The molecular formula is C5H9N3O. The molecule has 0 atom stereocenters. The standard InChI is InChI=1S/C5H9N3O/c1-7-3-4(9)8(2)5(7)6/h6H,3H2,1-2H3. The summed E-state index contributed by atoms with van der Waals surface area (Å²) in [7, 11) is 3.33. The summed E-state index contributed by atoms with van der Waals surface area (Å²) in [4.78, 5) is 13.7. The Hall–Kier alpha value is -1.06. The first kappa shape index (κ1) is 6.07. The molecule has 1 amide bonds. The molecule has 0 aliphatic carbocycles. The van der Waals surface area contributed by atoms with Crippen molar-refractivity contribution >= 4 is 11.9 Å². The fraction of sp³-hybridized carbons (Fsp3) is 0.600. The number of likely N-dealkylation sites (N-methyl/N-ethyl adjacent to an activating group) is 2. The van der Waals surface area contributed by atoms with E-state index in [9.17, 15) is 4.79 Å². The van der Waals surface area contributed by atoms with Gasteiger partial charge in [0.1, 0.15) is 0 Å². The number of carbonyl (C=O) groups is 1. The van der Waals surface area contributed by atoms with Crippen LogP contribution in [-0.2, 0) is 4.79 Å². The summed E-state index contributed by atoms with van der Waals surface area (Å²) in [5, 5.41) is 7.22. The monoisotopic (exact) mass is 127 g/mol. The van der Waals surface area contributed by atoms with Crippen LogP contribution in [0.2, 0.25) is 0 Å². The molecule has 0 bridgehead atoms. The third-order valence-electron chi connectivity index (χ3n) is 1.43. The van der Waals surface area contributed by atoms with E-state index < -0.39 is 0 Å². The average molecular weight is 127 g/mol. The smallest absolute Gasteiger partial charge is 0.248 e. The third-order valence-corrected chi connectivity index (χ3v) is 1.43. The third kappa shape index (κ3) is 0.759. The highest BCUT2D eigenvalue weighted by Gasteiger charge is 2.26. The van der Waals surface area contributed by atoms with E-state index in [0.717, 1.165) is 0 Å². The minimum Gasteiger partial charge on any atom is -0.336 e. The van der Waals surface area contributed by atoms with Gasteiger partial charge in [0.2, 0.25) is 11.9 Å². The van der Waals surface area contributed by atoms with Crippen molar-refractivity contribution in [3.05, 3.63) is 0 Å². The molecule has 4 heteroatoms. The molecule has 0 aromatic carbocycles. The first-order valence-corrected chi connectivity index (χ1v) is 2.69. The molecule has 0 aromatic heterocycles. The molecule has 0 saturated carbocycles. The molecule has 1 aliphatic heterocycles. The lowest BCUT2D eigenvalue weighted by Gasteiger charge is -2.09. The molecule has 9 heavy (non-hydrogen) atoms. The van der Waals surface area contributed by atoms with Crippen LogP contribution in [0.4, 0.5) is 0 Å². The first-order valence-electron chi connectivity index (χ1n) is 2.69. The van der Waals surface area contributed by atoms with Crippen LogP contribution in [0, 0.1) is 5.41 Å². The number of hydrogen-bond donors (Lipinski definition) is 1. The second-order valence-corrected chi connectivity index (χ2v) is 2.13. The topological polar surface area (TPSA) is 47.4 Å². The van der Waals surface area contributed by atoms with Crippen molar-refractivity contribution in [3.63, 3.8) is 0 Å². The van der Waals surface area contributed by atoms with Crippen molar-refractivity contribution in [1.29, 1.82) is 5.41 Å². The summed E-state index contributed by atoms with van der Waals surface area (Å²) >= 11 is 0. The molecule has 0 spiro atoms. The number of rotatable bonds is 0. The van der Waals surface area contributed by atoms with E-state index in [2.05, 4.69) is 0 Å². The molecular weight excluding hydrogens is 118 g/mol. The lowest BCUT2D eigenvalue weighted by atomic mass is 10.6. The Labute approximate surface area is 53.6 Å². The summed E-state index contributed by atoms with van der Waals surface area (Å²) < 4.78 is 0. The Bertz CT molecular complexity index is 166. The highest BCUT2D eigenvalue weighted by molar-refractivity contribution is 6.02. The lowest BCUT2D eigenvalue weighted by molar-refractivity contribution is -0.124. The van der Waals surface area contributed by atoms with Gasteiger partial charge in [-0.1, -0.05) is 0 Å². The van der Waals surface area contributed by atoms with Gasteiger partial charge in [-0.3, -0.25) is 15.1 Å². The van der Waals surface area contributed by atoms with E-state index >= 15 is 0 Å². The number of guanidine groups is 1. The molecule has 0 radical (unpaired) electrons. The van der Waals surface area contributed by atoms with Gasteiger partial charge in [-0.05, 0) is 0 Å². The summed E-state index contributed by atoms with van der Waals surface area (Å²) in [6.45, 7) is 0.343. The zero-order valence-electron chi connectivity index (χ0n) is 5.51. The van der Waals surface area contributed by atoms with Gasteiger partial charge in [0, 0.05) is 14.1 Å². The highest BCUT2D eigenvalue weighted by Crippen LogP contribution is 2.01. The molecule has 0 aromatic rings. The van der Waals surface area contributed by atoms with Crippen LogP contribution in [-0.4, -0.2) is 42.3 Å². The van der Waals surface area contributed by atoms with Gasteiger partial charge in [-0.2, -0.15) is 0 Å². The maximum atomic E-state index is 10.7. The van der Waals surface area contributed by atoms with E-state index in [1.807, 2.05) is 0 Å². The van der Waals surface area contributed by atoms with Crippen LogP contribution in [0.15, 0.2) is 0 Å². The van der Waals surface area contributed by atoms with Gasteiger partial charge in [-0.25, -0.2) is 0 Å². The molecule has 1 N–H and O–H groups in total. The second-order valence-electron chi connectivity index (χ2n) is 2.13. The van der Waals surface area contributed by atoms with E-state index in [1.165, 1.54) is 4.90 Å². The van der Waals surface area contributed by atoms with E-state index in [1.54, 1.807) is 19.0 Å². The fourth-order valence-electron chi connectivity index (χ4n) is 0.758. The molecule has 1 rings (SSSR count). The second kappa shape index (κ2) is 1.72. The van der Waals surface area contributed by atoms with Crippen LogP contribution in [0.1, 0.15) is 0 Å². The van der Waals surface area contributed by atoms with Crippen LogP contribution >= 0.6 is 0 Å². The Morgan fingerprint density at radius 3 is 2.22 bits per heavy atom. The van der Waals surface area contributed by atoms with Crippen molar-refractivity contribution in [2.45, 2.75) is 0 Å². The van der Waals surface area contributed by atoms with Crippen LogP contribution < -0.4 is 0 Å². The first-order chi connectivity index (χ1) is 4.13. The summed E-state index contributed by atoms with van der Waals surface area (Å²) in [5.41, 5.74) is 0. The Morgan fingerprint density at radius 1 is 1.56 bits per heavy atom. The Balaban J connectivity index is 2.77. The Morgan fingerprint density at radius 2 is 2.11 bits per heavy atom.